The van der Waals surface area contributed by atoms with Crippen LogP contribution in [0.15, 0.2) is 0 Å². The molecule has 112 valence electrons. The van der Waals surface area contributed by atoms with Crippen molar-refractivity contribution in [2.75, 3.05) is 19.6 Å². The number of nitrogens with zero attached hydrogens (tertiary/aromatic N) is 1. The van der Waals surface area contributed by atoms with Crippen molar-refractivity contribution in [3.05, 3.63) is 0 Å². The van der Waals surface area contributed by atoms with Gasteiger partial charge in [-0.3, -0.25) is 4.90 Å². The minimum Gasteiger partial charge on any atom is -0.311 e. The number of fused-ring (bicyclic) bond motifs is 1. The second-order valence-electron chi connectivity index (χ2n) is 8.64. The van der Waals surface area contributed by atoms with Gasteiger partial charge in [0.1, 0.15) is 0 Å². The highest BCUT2D eigenvalue weighted by Crippen LogP contribution is 2.38. The fraction of sp³-hybridized carbons (Fsp3) is 1.00. The quantitative estimate of drug-likeness (QED) is 0.835. The molecule has 0 aromatic heterocycles. The van der Waals surface area contributed by atoms with E-state index in [4.69, 9.17) is 0 Å². The molecule has 2 rings (SSSR count). The topological polar surface area (TPSA) is 15.3 Å². The van der Waals surface area contributed by atoms with Crippen LogP contribution in [-0.4, -0.2) is 36.1 Å². The third kappa shape index (κ3) is 4.46. The molecule has 0 bridgehead atoms. The van der Waals surface area contributed by atoms with Crippen LogP contribution in [0.25, 0.3) is 0 Å². The van der Waals surface area contributed by atoms with Crippen molar-refractivity contribution in [3.63, 3.8) is 0 Å². The number of likely N-dealkylation sites (tertiary alicyclic amines) is 1. The van der Waals surface area contributed by atoms with Gasteiger partial charge in [-0.05, 0) is 64.3 Å². The monoisotopic (exact) mass is 266 g/mol. The van der Waals surface area contributed by atoms with Crippen molar-refractivity contribution >= 4 is 0 Å². The van der Waals surface area contributed by atoms with E-state index in [1.807, 2.05) is 0 Å². The van der Waals surface area contributed by atoms with Crippen molar-refractivity contribution in [2.24, 2.45) is 11.3 Å². The van der Waals surface area contributed by atoms with Crippen LogP contribution in [0.4, 0.5) is 0 Å². The summed E-state index contributed by atoms with van der Waals surface area (Å²) in [5.74, 6) is 1.01. The van der Waals surface area contributed by atoms with Gasteiger partial charge in [0.2, 0.25) is 0 Å². The smallest absolute Gasteiger partial charge is 0.0124 e. The fourth-order valence-electron chi connectivity index (χ4n) is 3.86. The molecule has 2 nitrogen and oxygen atoms in total. The van der Waals surface area contributed by atoms with Gasteiger partial charge >= 0.3 is 0 Å². The molecule has 2 fully saturated rings. The number of hydrogen-bond donors (Lipinski definition) is 1. The van der Waals surface area contributed by atoms with E-state index in [1.165, 1.54) is 45.2 Å². The molecule has 0 spiro atoms. The van der Waals surface area contributed by atoms with Crippen LogP contribution in [0, 0.1) is 11.3 Å². The van der Waals surface area contributed by atoms with E-state index in [9.17, 15) is 0 Å². The first-order chi connectivity index (χ1) is 8.77. The second-order valence-corrected chi connectivity index (χ2v) is 8.64. The number of piperidine rings is 1. The zero-order valence-electron chi connectivity index (χ0n) is 13.8. The Morgan fingerprint density at radius 2 is 1.68 bits per heavy atom. The lowest BCUT2D eigenvalue weighted by atomic mass is 9.86. The molecule has 2 unspecified atom stereocenters. The molecule has 0 radical (unpaired) electrons. The van der Waals surface area contributed by atoms with Gasteiger partial charge in [-0.15, -0.1) is 0 Å². The zero-order chi connectivity index (χ0) is 14.1. The van der Waals surface area contributed by atoms with Gasteiger partial charge in [0.15, 0.2) is 0 Å². The molecule has 0 aromatic rings. The first-order valence-corrected chi connectivity index (χ1v) is 8.26. The first-order valence-electron chi connectivity index (χ1n) is 8.26. The van der Waals surface area contributed by atoms with Gasteiger partial charge in [-0.1, -0.05) is 20.3 Å². The third-order valence-electron chi connectivity index (χ3n) is 4.84. The molecule has 1 aliphatic carbocycles. The van der Waals surface area contributed by atoms with Gasteiger partial charge < -0.3 is 5.32 Å². The van der Waals surface area contributed by atoms with Crippen LogP contribution < -0.4 is 5.32 Å². The van der Waals surface area contributed by atoms with Crippen LogP contribution in [0.5, 0.6) is 0 Å². The van der Waals surface area contributed by atoms with E-state index in [2.05, 4.69) is 44.8 Å². The Morgan fingerprint density at radius 1 is 1.00 bits per heavy atom. The summed E-state index contributed by atoms with van der Waals surface area (Å²) in [6.07, 6.45) is 7.31. The summed E-state index contributed by atoms with van der Waals surface area (Å²) in [6, 6.07) is 0.905. The van der Waals surface area contributed by atoms with E-state index in [0.717, 1.165) is 18.5 Å². The Bertz CT molecular complexity index is 290. The average Bonchev–Trinajstić information content (AvgIpc) is 2.74. The third-order valence-corrected chi connectivity index (χ3v) is 4.84. The fourth-order valence-corrected chi connectivity index (χ4v) is 3.86. The molecule has 1 saturated heterocycles. The molecular weight excluding hydrogens is 232 g/mol. The standard InChI is InChI=1S/C17H34N2/c1-16(2,3)18-12-17(4,5)13-19-11-7-9-14-8-6-10-15(14)19/h14-15,18H,6-13H2,1-5H3. The minimum absolute atomic E-state index is 0.231. The Morgan fingerprint density at radius 3 is 2.37 bits per heavy atom. The van der Waals surface area contributed by atoms with Crippen LogP contribution >= 0.6 is 0 Å². The van der Waals surface area contributed by atoms with Crippen molar-refractivity contribution < 1.29 is 0 Å². The summed E-state index contributed by atoms with van der Waals surface area (Å²) in [6.45, 7) is 15.3. The molecule has 1 N–H and O–H groups in total. The first kappa shape index (κ1) is 15.3. The van der Waals surface area contributed by atoms with E-state index in [1.54, 1.807) is 0 Å². The predicted molar refractivity (Wildman–Crippen MR) is 83.5 cm³/mol. The number of nitrogens with one attached hydrogen (secondary N) is 1. The van der Waals surface area contributed by atoms with Crippen molar-refractivity contribution in [1.82, 2.24) is 10.2 Å². The van der Waals surface area contributed by atoms with E-state index < -0.39 is 0 Å². The molecule has 1 heterocycles. The molecular formula is C17H34N2. The average molecular weight is 266 g/mol. The molecule has 1 aliphatic heterocycles. The summed E-state index contributed by atoms with van der Waals surface area (Å²) in [4.78, 5) is 2.81. The molecule has 19 heavy (non-hydrogen) atoms. The molecule has 1 saturated carbocycles. The Hall–Kier alpha value is -0.0800. The van der Waals surface area contributed by atoms with Gasteiger partial charge in [-0.25, -0.2) is 0 Å². The highest BCUT2D eigenvalue weighted by molar-refractivity contribution is 4.92. The van der Waals surface area contributed by atoms with Gasteiger partial charge in [0, 0.05) is 24.7 Å². The van der Waals surface area contributed by atoms with Crippen LogP contribution in [-0.2, 0) is 0 Å². The second kappa shape index (κ2) is 5.73. The number of rotatable bonds is 4. The molecule has 2 atom stereocenters. The van der Waals surface area contributed by atoms with Crippen LogP contribution in [0.3, 0.4) is 0 Å². The predicted octanol–water partition coefficient (Wildman–Crippen LogP) is 3.67. The lowest BCUT2D eigenvalue weighted by Crippen LogP contribution is -2.50. The summed E-state index contributed by atoms with van der Waals surface area (Å²) in [5, 5.41) is 3.68. The highest BCUT2D eigenvalue weighted by atomic mass is 15.2. The Labute approximate surface area is 120 Å². The van der Waals surface area contributed by atoms with Gasteiger partial charge in [0.05, 0.1) is 0 Å². The van der Waals surface area contributed by atoms with Crippen molar-refractivity contribution in [1.29, 1.82) is 0 Å². The van der Waals surface area contributed by atoms with Crippen molar-refractivity contribution in [3.8, 4) is 0 Å². The van der Waals surface area contributed by atoms with Crippen LogP contribution in [0.2, 0.25) is 0 Å². The van der Waals surface area contributed by atoms with E-state index in [-0.39, 0.29) is 5.54 Å². The number of hydrogen-bond acceptors (Lipinski definition) is 2. The van der Waals surface area contributed by atoms with Gasteiger partial charge in [-0.2, -0.15) is 0 Å². The molecule has 0 amide bonds. The van der Waals surface area contributed by atoms with Crippen LogP contribution in [0.1, 0.15) is 66.7 Å². The zero-order valence-corrected chi connectivity index (χ0v) is 13.8. The summed E-state index contributed by atoms with van der Waals surface area (Å²) >= 11 is 0. The summed E-state index contributed by atoms with van der Waals surface area (Å²) in [5.41, 5.74) is 0.604. The highest BCUT2D eigenvalue weighted by Gasteiger charge is 2.37. The maximum atomic E-state index is 3.68. The Kier molecular flexibility index (Phi) is 4.62. The maximum absolute atomic E-state index is 3.68. The lowest BCUT2D eigenvalue weighted by Gasteiger charge is -2.42. The molecule has 2 heteroatoms. The van der Waals surface area contributed by atoms with Gasteiger partial charge in [0.25, 0.3) is 0 Å². The normalized spacial score (nSPS) is 29.5. The summed E-state index contributed by atoms with van der Waals surface area (Å²) in [7, 11) is 0. The molecule has 2 aliphatic rings. The van der Waals surface area contributed by atoms with E-state index in [0.29, 0.717) is 5.41 Å². The maximum Gasteiger partial charge on any atom is 0.0124 e. The van der Waals surface area contributed by atoms with Crippen molar-refractivity contribution in [2.45, 2.75) is 78.3 Å². The van der Waals surface area contributed by atoms with E-state index >= 15 is 0 Å². The summed E-state index contributed by atoms with van der Waals surface area (Å²) < 4.78 is 0. The SMILES string of the molecule is CC(C)(CNC(C)(C)C)CN1CCCC2CCCC21. The molecule has 0 aromatic carbocycles. The Balaban J connectivity index is 1.87. The lowest BCUT2D eigenvalue weighted by molar-refractivity contribution is 0.0688. The minimum atomic E-state index is 0.231. The largest absolute Gasteiger partial charge is 0.311 e.